The number of halogens is 2. The number of carbonyl (C=O) groups is 1. The molecule has 38 heavy (non-hydrogen) atoms. The molecular formula is C27H35Cl2N6O3+. The van der Waals surface area contributed by atoms with Gasteiger partial charge in [-0.15, -0.1) is 0 Å². The van der Waals surface area contributed by atoms with Gasteiger partial charge in [0.2, 0.25) is 5.15 Å². The van der Waals surface area contributed by atoms with E-state index in [1.54, 1.807) is 11.1 Å². The molecule has 2 aromatic heterocycles. The van der Waals surface area contributed by atoms with Gasteiger partial charge in [0, 0.05) is 36.9 Å². The third kappa shape index (κ3) is 4.28. The number of pyridine rings is 2. The summed E-state index contributed by atoms with van der Waals surface area (Å²) in [5.74, 6) is 1.35. The zero-order chi connectivity index (χ0) is 27.7. The molecule has 0 spiro atoms. The number of fused-ring (bicyclic) bond motifs is 2. The van der Waals surface area contributed by atoms with E-state index in [0.717, 1.165) is 34.7 Å². The van der Waals surface area contributed by atoms with Crippen LogP contribution in [0.5, 0.6) is 0 Å². The quantitative estimate of drug-likeness (QED) is 0.402. The Morgan fingerprint density at radius 2 is 1.87 bits per heavy atom. The number of nitrogens with zero attached hydrogens (tertiary/aromatic N) is 6. The van der Waals surface area contributed by atoms with Crippen molar-refractivity contribution in [2.45, 2.75) is 85.0 Å². The maximum absolute atomic E-state index is 12.8. The van der Waals surface area contributed by atoms with E-state index in [1.165, 1.54) is 0 Å². The average molecular weight is 563 g/mol. The number of anilines is 2. The van der Waals surface area contributed by atoms with Crippen molar-refractivity contribution >= 4 is 46.6 Å². The normalized spacial score (nSPS) is 24.6. The first kappa shape index (κ1) is 27.0. The molecule has 0 aromatic carbocycles. The number of amidine groups is 1. The molecule has 1 N–H and O–H groups in total. The minimum Gasteiger partial charge on any atom is -0.444 e. The molecular weight excluding hydrogens is 527 g/mol. The van der Waals surface area contributed by atoms with Gasteiger partial charge >= 0.3 is 12.4 Å². The fourth-order valence-corrected chi connectivity index (χ4v) is 6.33. The van der Waals surface area contributed by atoms with Crippen LogP contribution in [0.3, 0.4) is 0 Å². The Hall–Kier alpha value is -2.62. The van der Waals surface area contributed by atoms with Gasteiger partial charge in [0.15, 0.2) is 5.69 Å². The molecule has 204 valence electrons. The lowest BCUT2D eigenvalue weighted by atomic mass is 9.98. The van der Waals surface area contributed by atoms with Gasteiger partial charge < -0.3 is 19.6 Å². The molecule has 5 heterocycles. The van der Waals surface area contributed by atoms with Crippen molar-refractivity contribution in [1.29, 1.82) is 0 Å². The summed E-state index contributed by atoms with van der Waals surface area (Å²) in [7, 11) is 0. The first-order valence-electron chi connectivity index (χ1n) is 13.1. The predicted octanol–water partition coefficient (Wildman–Crippen LogP) is 4.66. The molecule has 1 saturated heterocycles. The number of piperazine rings is 1. The number of aryl methyl sites for hydroxylation is 1. The van der Waals surface area contributed by atoms with Gasteiger partial charge in [0.25, 0.3) is 5.82 Å². The summed E-state index contributed by atoms with van der Waals surface area (Å²) in [5, 5.41) is 12.3. The van der Waals surface area contributed by atoms with Gasteiger partial charge in [-0.2, -0.15) is 9.89 Å². The molecule has 1 fully saturated rings. The third-order valence-electron chi connectivity index (χ3n) is 7.34. The van der Waals surface area contributed by atoms with E-state index < -0.39 is 12.0 Å². The molecule has 2 aromatic rings. The SMILES string of the molecule is CCc1ccnc2c1N1c3c(cc(Cl)c(Cl)[n+]3C2C)C(N2[C@@H](C)CN(C(=O)OC(C)(C)C)C[C@@H]2C)=NC1O. The van der Waals surface area contributed by atoms with E-state index in [1.807, 2.05) is 63.1 Å². The number of aliphatic hydroxyl groups is 1. The van der Waals surface area contributed by atoms with Gasteiger partial charge in [-0.25, -0.2) is 9.36 Å². The summed E-state index contributed by atoms with van der Waals surface area (Å²) in [4.78, 5) is 28.0. The summed E-state index contributed by atoms with van der Waals surface area (Å²) in [6.45, 7) is 14.7. The lowest BCUT2D eigenvalue weighted by Gasteiger charge is -2.47. The van der Waals surface area contributed by atoms with Gasteiger partial charge in [-0.1, -0.05) is 18.5 Å². The molecule has 0 aliphatic carbocycles. The molecule has 9 nitrogen and oxygen atoms in total. The minimum atomic E-state index is -1.19. The maximum Gasteiger partial charge on any atom is 0.410 e. The summed E-state index contributed by atoms with van der Waals surface area (Å²) >= 11 is 13.5. The highest BCUT2D eigenvalue weighted by Gasteiger charge is 2.50. The largest absolute Gasteiger partial charge is 0.444 e. The Balaban J connectivity index is 1.60. The highest BCUT2D eigenvalue weighted by Crippen LogP contribution is 2.45. The van der Waals surface area contributed by atoms with Crippen LogP contribution >= 0.6 is 23.2 Å². The number of rotatable bonds is 1. The molecule has 4 atom stereocenters. The highest BCUT2D eigenvalue weighted by atomic mass is 35.5. The molecule has 1 amide bonds. The number of ether oxygens (including phenoxy) is 1. The Kier molecular flexibility index (Phi) is 6.77. The molecule has 5 rings (SSSR count). The van der Waals surface area contributed by atoms with Crippen molar-refractivity contribution in [3.05, 3.63) is 45.3 Å². The molecule has 3 aliphatic heterocycles. The van der Waals surface area contributed by atoms with E-state index >= 15 is 0 Å². The first-order chi connectivity index (χ1) is 17.8. The summed E-state index contributed by atoms with van der Waals surface area (Å²) in [6.07, 6.45) is 1.04. The number of hydrogen-bond acceptors (Lipinski definition) is 7. The van der Waals surface area contributed by atoms with Crippen LogP contribution in [-0.4, -0.2) is 68.9 Å². The van der Waals surface area contributed by atoms with Crippen LogP contribution < -0.4 is 9.47 Å². The summed E-state index contributed by atoms with van der Waals surface area (Å²) in [6, 6.07) is 3.40. The van der Waals surface area contributed by atoms with Crippen LogP contribution in [0.2, 0.25) is 10.2 Å². The van der Waals surface area contributed by atoms with Crippen LogP contribution in [0.4, 0.5) is 16.3 Å². The Bertz CT molecular complexity index is 1310. The van der Waals surface area contributed by atoms with E-state index in [2.05, 4.69) is 16.8 Å². The fourth-order valence-electron chi connectivity index (χ4n) is 5.85. The molecule has 2 unspecified atom stereocenters. The number of aliphatic imine (C=N–C) groups is 1. The lowest BCUT2D eigenvalue weighted by molar-refractivity contribution is -0.698. The number of aromatic nitrogens is 2. The van der Waals surface area contributed by atoms with Crippen molar-refractivity contribution in [3.63, 3.8) is 0 Å². The fraction of sp³-hybridized carbons (Fsp3) is 0.556. The van der Waals surface area contributed by atoms with Crippen molar-refractivity contribution in [2.24, 2.45) is 4.99 Å². The van der Waals surface area contributed by atoms with E-state index in [0.29, 0.717) is 29.1 Å². The lowest BCUT2D eigenvalue weighted by Crippen LogP contribution is -2.62. The smallest absolute Gasteiger partial charge is 0.410 e. The summed E-state index contributed by atoms with van der Waals surface area (Å²) < 4.78 is 7.55. The minimum absolute atomic E-state index is 0.0972. The zero-order valence-corrected chi connectivity index (χ0v) is 24.4. The van der Waals surface area contributed by atoms with E-state index in [-0.39, 0.29) is 24.2 Å². The average Bonchev–Trinajstić information content (AvgIpc) is 2.83. The Morgan fingerprint density at radius 1 is 1.21 bits per heavy atom. The standard InChI is InChI=1S/C27H35Cl2N6O3/c1-8-17-9-10-30-20-16(4)34-22(29)19(28)11-18-23(31-25(36)35(21(17)20)24(18)34)33-14(2)12-32(13-15(33)3)26(37)38-27(5,6)7/h9-11,14-16,25,36H,8,12-13H2,1-7H3/q+1/t14-,15-,16?,25?/m0/s1. The third-order valence-corrected chi connectivity index (χ3v) is 8.11. The molecule has 0 bridgehead atoms. The second-order valence-electron chi connectivity index (χ2n) is 11.3. The maximum atomic E-state index is 12.8. The van der Waals surface area contributed by atoms with Crippen LogP contribution in [-0.2, 0) is 11.2 Å². The van der Waals surface area contributed by atoms with Crippen molar-refractivity contribution in [1.82, 2.24) is 14.8 Å². The predicted molar refractivity (Wildman–Crippen MR) is 147 cm³/mol. The topological polar surface area (TPSA) is 85.4 Å². The van der Waals surface area contributed by atoms with Crippen molar-refractivity contribution in [2.75, 3.05) is 18.0 Å². The molecule has 3 aliphatic rings. The van der Waals surface area contributed by atoms with Crippen LogP contribution in [0.25, 0.3) is 0 Å². The second kappa shape index (κ2) is 9.54. The first-order valence-corrected chi connectivity index (χ1v) is 13.8. The zero-order valence-electron chi connectivity index (χ0n) is 22.9. The van der Waals surface area contributed by atoms with Gasteiger partial charge in [-0.3, -0.25) is 4.98 Å². The van der Waals surface area contributed by atoms with Crippen molar-refractivity contribution in [3.8, 4) is 0 Å². The Morgan fingerprint density at radius 3 is 2.47 bits per heavy atom. The Labute approximate surface area is 233 Å². The molecule has 0 radical (unpaired) electrons. The van der Waals surface area contributed by atoms with Crippen LogP contribution in [0.15, 0.2) is 23.3 Å². The van der Waals surface area contributed by atoms with Gasteiger partial charge in [-0.05, 0) is 71.7 Å². The molecule has 11 heteroatoms. The van der Waals surface area contributed by atoms with Crippen molar-refractivity contribution < 1.29 is 19.2 Å². The van der Waals surface area contributed by atoms with Gasteiger partial charge in [0.1, 0.15) is 33.8 Å². The van der Waals surface area contributed by atoms with Crippen LogP contribution in [0.1, 0.15) is 71.3 Å². The number of aliphatic hydroxyl groups excluding tert-OH is 1. The number of carbonyl (C=O) groups excluding carboxylic acids is 1. The molecule has 0 saturated carbocycles. The monoisotopic (exact) mass is 561 g/mol. The second-order valence-corrected chi connectivity index (χ2v) is 12.0. The van der Waals surface area contributed by atoms with E-state index in [9.17, 15) is 9.90 Å². The van der Waals surface area contributed by atoms with Gasteiger partial charge in [0.05, 0.1) is 0 Å². The summed E-state index contributed by atoms with van der Waals surface area (Å²) in [5.41, 5.74) is 2.93. The number of amides is 1. The van der Waals surface area contributed by atoms with Crippen LogP contribution in [0, 0.1) is 0 Å². The highest BCUT2D eigenvalue weighted by molar-refractivity contribution is 6.41. The van der Waals surface area contributed by atoms with E-state index in [4.69, 9.17) is 32.9 Å². The number of hydrogen-bond donors (Lipinski definition) is 1.